The van der Waals surface area contributed by atoms with Crippen LogP contribution < -0.4 is 10.9 Å². The van der Waals surface area contributed by atoms with Crippen LogP contribution >= 0.6 is 0 Å². The fourth-order valence-electron chi connectivity index (χ4n) is 0.721. The third-order valence-electron chi connectivity index (χ3n) is 1.30. The summed E-state index contributed by atoms with van der Waals surface area (Å²) in [4.78, 5) is 0. The van der Waals surface area contributed by atoms with Crippen LogP contribution in [0.3, 0.4) is 0 Å². The lowest BCUT2D eigenvalue weighted by molar-refractivity contribution is 0.330. The number of hydrogen-bond donors (Lipinski definition) is 2. The summed E-state index contributed by atoms with van der Waals surface area (Å²) in [5, 5.41) is 3.15. The predicted molar refractivity (Wildman–Crippen MR) is 44.7 cm³/mol. The molecule has 0 aliphatic heterocycles. The number of rotatable bonds is 7. The Balaban J connectivity index is 2.75. The number of terminal acetylenes is 1. The maximum atomic E-state index is 11.3. The maximum Gasteiger partial charge on any atom is 0.0271 e. The molecule has 0 saturated heterocycles. The summed E-state index contributed by atoms with van der Waals surface area (Å²) in [6, 6.07) is 0. The van der Waals surface area contributed by atoms with Crippen molar-refractivity contribution in [3.05, 3.63) is 0 Å². The molecule has 0 heterocycles. The maximum absolute atomic E-state index is 11.3. The van der Waals surface area contributed by atoms with Gasteiger partial charge in [0, 0.05) is 13.0 Å². The van der Waals surface area contributed by atoms with E-state index in [2.05, 4.69) is 11.2 Å². The van der Waals surface area contributed by atoms with Crippen molar-refractivity contribution in [2.24, 2.45) is 0 Å². The van der Waals surface area contributed by atoms with Crippen molar-refractivity contribution >= 4 is 0 Å². The molecule has 3 heteroatoms. The van der Waals surface area contributed by atoms with Gasteiger partial charge in [-0.15, -0.1) is 16.8 Å². The highest BCUT2D eigenvalue weighted by molar-refractivity contribution is 4.83. The normalized spacial score (nSPS) is 9.45. The predicted octanol–water partition coefficient (Wildman–Crippen LogP) is 0.854. The zero-order valence-corrected chi connectivity index (χ0v) is 6.70. The van der Waals surface area contributed by atoms with Crippen molar-refractivity contribution in [2.75, 3.05) is 19.6 Å². The minimum Gasteiger partial charge on any atom is -0.317 e. The van der Waals surface area contributed by atoms with E-state index in [0.717, 1.165) is 32.4 Å². The molecule has 11 heavy (non-hydrogen) atoms. The molecule has 0 bridgehead atoms. The smallest absolute Gasteiger partial charge is 0.0271 e. The Bertz CT molecular complexity index is 109. The summed E-state index contributed by atoms with van der Waals surface area (Å²) in [6.07, 6.45) is 7.68. The largest absolute Gasteiger partial charge is 0.317 e. The highest BCUT2D eigenvalue weighted by Crippen LogP contribution is 1.82. The van der Waals surface area contributed by atoms with Gasteiger partial charge in [0.15, 0.2) is 0 Å². The van der Waals surface area contributed by atoms with Gasteiger partial charge in [0.2, 0.25) is 0 Å². The molecular weight excluding hydrogens is 143 g/mol. The first-order valence-corrected chi connectivity index (χ1v) is 3.89. The lowest BCUT2D eigenvalue weighted by Gasteiger charge is -2.00. The van der Waals surface area contributed by atoms with Gasteiger partial charge < -0.3 is 5.32 Å². The van der Waals surface area contributed by atoms with Crippen LogP contribution in [0.4, 0.5) is 4.48 Å². The average Bonchev–Trinajstić information content (AvgIpc) is 2.03. The summed E-state index contributed by atoms with van der Waals surface area (Å²) < 4.78 is 11.3. The minimum atomic E-state index is 0.419. The van der Waals surface area contributed by atoms with Gasteiger partial charge in [0.05, 0.1) is 0 Å². The van der Waals surface area contributed by atoms with Gasteiger partial charge in [-0.1, -0.05) is 0 Å². The van der Waals surface area contributed by atoms with Gasteiger partial charge in [-0.25, -0.2) is 0 Å². The van der Waals surface area contributed by atoms with Crippen LogP contribution in [-0.4, -0.2) is 19.6 Å². The van der Waals surface area contributed by atoms with Crippen LogP contribution in [0.5, 0.6) is 0 Å². The van der Waals surface area contributed by atoms with Crippen molar-refractivity contribution in [3.63, 3.8) is 0 Å². The highest BCUT2D eigenvalue weighted by atomic mass is 19.2. The van der Waals surface area contributed by atoms with Crippen molar-refractivity contribution in [2.45, 2.75) is 19.3 Å². The highest BCUT2D eigenvalue weighted by Gasteiger charge is 1.86. The van der Waals surface area contributed by atoms with E-state index in [1.54, 1.807) is 5.54 Å². The second kappa shape index (κ2) is 9.41. The molecule has 0 atom stereocenters. The molecule has 0 fully saturated rings. The second-order valence-corrected chi connectivity index (χ2v) is 2.29. The molecule has 0 aromatic rings. The zero-order valence-electron chi connectivity index (χ0n) is 6.70. The van der Waals surface area contributed by atoms with Crippen molar-refractivity contribution in [1.82, 2.24) is 10.9 Å². The molecule has 2 nitrogen and oxygen atoms in total. The van der Waals surface area contributed by atoms with Crippen LogP contribution in [-0.2, 0) is 0 Å². The Morgan fingerprint density at radius 2 is 1.91 bits per heavy atom. The van der Waals surface area contributed by atoms with Crippen LogP contribution in [0, 0.1) is 12.3 Å². The fourth-order valence-corrected chi connectivity index (χ4v) is 0.721. The Kier molecular flexibility index (Phi) is 8.91. The van der Waals surface area contributed by atoms with Crippen LogP contribution in [0.2, 0.25) is 0 Å². The number of hydrogen-bond acceptors (Lipinski definition) is 2. The molecule has 64 valence electrons. The van der Waals surface area contributed by atoms with Gasteiger partial charge in [0.25, 0.3) is 0 Å². The van der Waals surface area contributed by atoms with E-state index in [1.807, 2.05) is 0 Å². The lowest BCUT2D eigenvalue weighted by atomic mass is 10.3. The molecule has 0 rings (SSSR count). The topological polar surface area (TPSA) is 24.1 Å². The summed E-state index contributed by atoms with van der Waals surface area (Å²) >= 11 is 0. The Hall–Kier alpha value is -0.590. The Labute approximate surface area is 67.5 Å². The third kappa shape index (κ3) is 9.41. The Morgan fingerprint density at radius 1 is 1.18 bits per heavy atom. The van der Waals surface area contributed by atoms with Gasteiger partial charge in [0.1, 0.15) is 0 Å². The van der Waals surface area contributed by atoms with E-state index in [4.69, 9.17) is 6.42 Å². The third-order valence-corrected chi connectivity index (χ3v) is 1.30. The summed E-state index contributed by atoms with van der Waals surface area (Å²) in [5.74, 6) is 2.56. The standard InChI is InChI=1S/C8H15FN2/c1-2-3-4-6-10-7-5-8-11-9/h1,10-11H,3-8H2. The van der Waals surface area contributed by atoms with Crippen LogP contribution in [0.25, 0.3) is 0 Å². The number of nitrogens with one attached hydrogen (secondary N) is 2. The van der Waals surface area contributed by atoms with Gasteiger partial charge >= 0.3 is 0 Å². The molecule has 0 aromatic heterocycles. The van der Waals surface area contributed by atoms with Crippen molar-refractivity contribution in [1.29, 1.82) is 0 Å². The molecule has 0 amide bonds. The van der Waals surface area contributed by atoms with Crippen LogP contribution in [0.15, 0.2) is 0 Å². The quantitative estimate of drug-likeness (QED) is 0.326. The number of halogens is 1. The molecule has 0 radical (unpaired) electrons. The Morgan fingerprint density at radius 3 is 2.55 bits per heavy atom. The molecule has 0 unspecified atom stereocenters. The van der Waals surface area contributed by atoms with Crippen LogP contribution in [0.1, 0.15) is 19.3 Å². The minimum absolute atomic E-state index is 0.419. The second-order valence-electron chi connectivity index (χ2n) is 2.29. The van der Waals surface area contributed by atoms with Crippen molar-refractivity contribution < 1.29 is 4.48 Å². The van der Waals surface area contributed by atoms with E-state index in [-0.39, 0.29) is 0 Å². The zero-order chi connectivity index (χ0) is 8.36. The summed E-state index contributed by atoms with van der Waals surface area (Å²) in [6.45, 7) is 2.19. The van der Waals surface area contributed by atoms with E-state index in [9.17, 15) is 4.48 Å². The monoisotopic (exact) mass is 158 g/mol. The first-order valence-electron chi connectivity index (χ1n) is 3.89. The van der Waals surface area contributed by atoms with E-state index >= 15 is 0 Å². The molecule has 2 N–H and O–H groups in total. The molecule has 0 aromatic carbocycles. The SMILES string of the molecule is C#CCCCNCCCNF. The molecule has 0 spiro atoms. The van der Waals surface area contributed by atoms with Crippen molar-refractivity contribution in [3.8, 4) is 12.3 Å². The van der Waals surface area contributed by atoms with E-state index < -0.39 is 0 Å². The average molecular weight is 158 g/mol. The van der Waals surface area contributed by atoms with E-state index in [0.29, 0.717) is 6.54 Å². The lowest BCUT2D eigenvalue weighted by Crippen LogP contribution is -2.19. The van der Waals surface area contributed by atoms with Gasteiger partial charge in [-0.2, -0.15) is 5.54 Å². The van der Waals surface area contributed by atoms with E-state index in [1.165, 1.54) is 0 Å². The van der Waals surface area contributed by atoms with Gasteiger partial charge in [-0.3, -0.25) is 0 Å². The molecule has 0 saturated carbocycles. The molecule has 0 aliphatic rings. The molecular formula is C8H15FN2. The summed E-state index contributed by atoms with van der Waals surface area (Å²) in [5.41, 5.74) is 1.60. The summed E-state index contributed by atoms with van der Waals surface area (Å²) in [7, 11) is 0. The fraction of sp³-hybridized carbons (Fsp3) is 0.750. The first kappa shape index (κ1) is 10.4. The first-order chi connectivity index (χ1) is 5.41. The molecule has 0 aliphatic carbocycles. The number of unbranched alkanes of at least 4 members (excludes halogenated alkanes) is 1. The van der Waals surface area contributed by atoms with Gasteiger partial charge in [-0.05, 0) is 25.9 Å².